The maximum Gasteiger partial charge on any atom is 0.228 e. The van der Waals surface area contributed by atoms with Crippen molar-refractivity contribution in [2.75, 3.05) is 59.9 Å². The molecule has 0 saturated carbocycles. The largest absolute Gasteiger partial charge is 0.369 e. The van der Waals surface area contributed by atoms with Gasteiger partial charge in [0.15, 0.2) is 0 Å². The number of hydrogen-bond acceptors (Lipinski definition) is 4. The molecule has 0 aromatic heterocycles. The molecule has 2 heterocycles. The first-order valence-corrected chi connectivity index (χ1v) is 11.3. The van der Waals surface area contributed by atoms with Crippen LogP contribution < -0.4 is 19.6 Å². The third-order valence-electron chi connectivity index (χ3n) is 6.46. The number of nitrogens with zero attached hydrogens (tertiary/aromatic N) is 4. The van der Waals surface area contributed by atoms with Crippen molar-refractivity contribution in [3.63, 3.8) is 0 Å². The lowest BCUT2D eigenvalue weighted by Crippen LogP contribution is -2.28. The molecule has 0 unspecified atom stereocenters. The fourth-order valence-corrected chi connectivity index (χ4v) is 4.58. The Balaban J connectivity index is 1.33. The van der Waals surface area contributed by atoms with E-state index < -0.39 is 0 Å². The van der Waals surface area contributed by atoms with Crippen molar-refractivity contribution < 1.29 is 9.59 Å². The Morgan fingerprint density at radius 1 is 0.613 bits per heavy atom. The SMILES string of the molecule is CN1C(=O)CCN(CCCCCN2CCC(=O)N(C)c3ccccc32)c2ccccc21. The summed E-state index contributed by atoms with van der Waals surface area (Å²) >= 11 is 0. The highest BCUT2D eigenvalue weighted by Gasteiger charge is 2.24. The van der Waals surface area contributed by atoms with Crippen LogP contribution in [0.3, 0.4) is 0 Å². The molecular formula is C25H32N4O2. The number of hydrogen-bond donors (Lipinski definition) is 0. The Labute approximate surface area is 185 Å². The average molecular weight is 421 g/mol. The van der Waals surface area contributed by atoms with Gasteiger partial charge in [-0.1, -0.05) is 24.3 Å². The van der Waals surface area contributed by atoms with Crippen LogP contribution in [0.1, 0.15) is 32.1 Å². The van der Waals surface area contributed by atoms with E-state index in [0.29, 0.717) is 12.8 Å². The van der Waals surface area contributed by atoms with Gasteiger partial charge >= 0.3 is 0 Å². The maximum atomic E-state index is 12.3. The molecule has 6 heteroatoms. The molecule has 164 valence electrons. The second-order valence-corrected chi connectivity index (χ2v) is 8.42. The maximum absolute atomic E-state index is 12.3. The fraction of sp³-hybridized carbons (Fsp3) is 0.440. The summed E-state index contributed by atoms with van der Waals surface area (Å²) in [5.74, 6) is 0.351. The average Bonchev–Trinajstić information content (AvgIpc) is 2.99. The summed E-state index contributed by atoms with van der Waals surface area (Å²) in [6, 6.07) is 16.4. The normalized spacial score (nSPS) is 16.7. The highest BCUT2D eigenvalue weighted by Crippen LogP contribution is 2.33. The standard InChI is InChI=1S/C25H32N4O2/c1-26-20-10-4-6-12-22(20)28(18-14-24(26)30)16-8-3-9-17-29-19-15-25(31)27(2)21-11-5-7-13-23(21)29/h4-7,10-13H,3,8-9,14-19H2,1-2H3. The molecule has 31 heavy (non-hydrogen) atoms. The zero-order valence-electron chi connectivity index (χ0n) is 18.6. The van der Waals surface area contributed by atoms with E-state index in [4.69, 9.17) is 0 Å². The van der Waals surface area contributed by atoms with E-state index in [-0.39, 0.29) is 11.8 Å². The summed E-state index contributed by atoms with van der Waals surface area (Å²) in [7, 11) is 3.73. The van der Waals surface area contributed by atoms with Gasteiger partial charge in [0.1, 0.15) is 0 Å². The first-order valence-electron chi connectivity index (χ1n) is 11.3. The summed E-state index contributed by atoms with van der Waals surface area (Å²) < 4.78 is 0. The molecule has 0 aliphatic carbocycles. The summed E-state index contributed by atoms with van der Waals surface area (Å²) in [5, 5.41) is 0. The second-order valence-electron chi connectivity index (χ2n) is 8.42. The van der Waals surface area contributed by atoms with Crippen LogP contribution in [0.15, 0.2) is 48.5 Å². The van der Waals surface area contributed by atoms with E-state index in [0.717, 1.165) is 68.2 Å². The van der Waals surface area contributed by atoms with Crippen molar-refractivity contribution in [3.05, 3.63) is 48.5 Å². The van der Waals surface area contributed by atoms with Crippen LogP contribution in [-0.2, 0) is 9.59 Å². The number of carbonyl (C=O) groups excluding carboxylic acids is 2. The molecule has 6 nitrogen and oxygen atoms in total. The fourth-order valence-electron chi connectivity index (χ4n) is 4.58. The van der Waals surface area contributed by atoms with Crippen molar-refractivity contribution >= 4 is 34.6 Å². The van der Waals surface area contributed by atoms with E-state index in [1.165, 1.54) is 0 Å². The number of amides is 2. The quantitative estimate of drug-likeness (QED) is 0.665. The molecule has 0 spiro atoms. The predicted octanol–water partition coefficient (Wildman–Crippen LogP) is 3.90. The van der Waals surface area contributed by atoms with E-state index >= 15 is 0 Å². The minimum absolute atomic E-state index is 0.175. The zero-order valence-corrected chi connectivity index (χ0v) is 18.6. The summed E-state index contributed by atoms with van der Waals surface area (Å²) in [6.07, 6.45) is 4.39. The summed E-state index contributed by atoms with van der Waals surface area (Å²) in [4.78, 5) is 32.9. The van der Waals surface area contributed by atoms with E-state index in [9.17, 15) is 9.59 Å². The van der Waals surface area contributed by atoms with Gasteiger partial charge in [-0.25, -0.2) is 0 Å². The number of fused-ring (bicyclic) bond motifs is 2. The van der Waals surface area contributed by atoms with Gasteiger partial charge in [0.25, 0.3) is 0 Å². The van der Waals surface area contributed by atoms with Crippen LogP contribution in [-0.4, -0.2) is 52.1 Å². The molecule has 2 aliphatic rings. The van der Waals surface area contributed by atoms with Crippen LogP contribution in [0.5, 0.6) is 0 Å². The summed E-state index contributed by atoms with van der Waals surface area (Å²) in [6.45, 7) is 3.45. The van der Waals surface area contributed by atoms with Crippen molar-refractivity contribution in [2.24, 2.45) is 0 Å². The van der Waals surface area contributed by atoms with Crippen LogP contribution >= 0.6 is 0 Å². The van der Waals surface area contributed by atoms with Crippen molar-refractivity contribution in [2.45, 2.75) is 32.1 Å². The number of unbranched alkanes of at least 4 members (excludes halogenated alkanes) is 2. The highest BCUT2D eigenvalue weighted by molar-refractivity contribution is 5.98. The van der Waals surface area contributed by atoms with Crippen molar-refractivity contribution in [1.82, 2.24) is 0 Å². The number of benzene rings is 2. The molecule has 0 fully saturated rings. The van der Waals surface area contributed by atoms with Crippen molar-refractivity contribution in [3.8, 4) is 0 Å². The highest BCUT2D eigenvalue weighted by atomic mass is 16.2. The molecule has 2 aromatic carbocycles. The second kappa shape index (κ2) is 9.41. The molecular weight excluding hydrogens is 388 g/mol. The number of carbonyl (C=O) groups is 2. The Kier molecular flexibility index (Phi) is 6.44. The van der Waals surface area contributed by atoms with Crippen molar-refractivity contribution in [1.29, 1.82) is 0 Å². The zero-order chi connectivity index (χ0) is 21.8. The molecule has 0 N–H and O–H groups in total. The Morgan fingerprint density at radius 2 is 1.00 bits per heavy atom. The molecule has 2 amide bonds. The molecule has 2 aromatic rings. The minimum atomic E-state index is 0.175. The first kappa shape index (κ1) is 21.2. The van der Waals surface area contributed by atoms with Gasteiger partial charge in [0.2, 0.25) is 11.8 Å². The lowest BCUT2D eigenvalue weighted by molar-refractivity contribution is -0.118. The van der Waals surface area contributed by atoms with E-state index in [1.807, 2.05) is 50.5 Å². The third-order valence-corrected chi connectivity index (χ3v) is 6.46. The van der Waals surface area contributed by atoms with Gasteiger partial charge in [-0.15, -0.1) is 0 Å². The minimum Gasteiger partial charge on any atom is -0.369 e. The lowest BCUT2D eigenvalue weighted by atomic mass is 10.1. The van der Waals surface area contributed by atoms with Gasteiger partial charge in [-0.2, -0.15) is 0 Å². The molecule has 0 radical (unpaired) electrons. The molecule has 2 aliphatic heterocycles. The topological polar surface area (TPSA) is 47.1 Å². The van der Waals surface area contributed by atoms with Crippen LogP contribution in [0.4, 0.5) is 22.7 Å². The van der Waals surface area contributed by atoms with Gasteiger partial charge in [-0.05, 0) is 43.5 Å². The third kappa shape index (κ3) is 4.53. The Bertz CT molecular complexity index is 869. The number of rotatable bonds is 6. The Morgan fingerprint density at radius 3 is 1.42 bits per heavy atom. The van der Waals surface area contributed by atoms with Crippen LogP contribution in [0, 0.1) is 0 Å². The molecule has 0 atom stereocenters. The van der Waals surface area contributed by atoms with Gasteiger partial charge < -0.3 is 19.6 Å². The number of para-hydroxylation sites is 4. The molecule has 0 bridgehead atoms. The molecule has 0 saturated heterocycles. The lowest BCUT2D eigenvalue weighted by Gasteiger charge is -2.26. The Hall–Kier alpha value is -3.02. The predicted molar refractivity (Wildman–Crippen MR) is 127 cm³/mol. The summed E-state index contributed by atoms with van der Waals surface area (Å²) in [5.41, 5.74) is 4.30. The smallest absolute Gasteiger partial charge is 0.228 e. The van der Waals surface area contributed by atoms with Gasteiger partial charge in [0.05, 0.1) is 22.7 Å². The first-order chi connectivity index (χ1) is 15.1. The van der Waals surface area contributed by atoms with Gasteiger partial charge in [0, 0.05) is 53.1 Å². The van der Waals surface area contributed by atoms with Gasteiger partial charge in [-0.3, -0.25) is 9.59 Å². The monoisotopic (exact) mass is 420 g/mol. The van der Waals surface area contributed by atoms with E-state index in [2.05, 4.69) is 21.9 Å². The molecule has 4 rings (SSSR count). The van der Waals surface area contributed by atoms with Crippen LogP contribution in [0.25, 0.3) is 0 Å². The number of anilines is 4. The van der Waals surface area contributed by atoms with E-state index in [1.54, 1.807) is 9.80 Å². The van der Waals surface area contributed by atoms with Crippen LogP contribution in [0.2, 0.25) is 0 Å².